The van der Waals surface area contributed by atoms with Gasteiger partial charge in [-0.3, -0.25) is 0 Å². The largest absolute Gasteiger partial charge is 0.405 e. The maximum atomic E-state index is 5.41. The minimum absolute atomic E-state index is 0.953. The van der Waals surface area contributed by atoms with E-state index in [1.54, 1.807) is 18.2 Å². The number of allylic oxidation sites excluding steroid dienone is 8. The van der Waals surface area contributed by atoms with Crippen LogP contribution >= 0.6 is 0 Å². The molecule has 8 aromatic rings. The van der Waals surface area contributed by atoms with Gasteiger partial charge in [0, 0.05) is 0 Å². The summed E-state index contributed by atoms with van der Waals surface area (Å²) in [5.74, 6) is 0. The summed E-state index contributed by atoms with van der Waals surface area (Å²) in [5.41, 5.74) is 18.7. The molecule has 0 amide bonds. The van der Waals surface area contributed by atoms with Gasteiger partial charge in [-0.25, -0.2) is 0 Å². The van der Waals surface area contributed by atoms with Gasteiger partial charge in [0.15, 0.2) is 0 Å². The molecule has 0 aliphatic rings. The van der Waals surface area contributed by atoms with E-state index in [2.05, 4.69) is 178 Å². The molecule has 0 bridgehead atoms. The molecule has 8 rings (SSSR count). The standard InChI is InChI=1S/C36H27N.C11H10.C6H9N/c1-25(8-6-7-21-37)26-13-15-28(16-14-26)30-19-20-35-33(23-30)24-31-11-4-5-12-34(31)36(35)32-18-17-27-9-2-3-10-29(27)22-32;1-9-6-7-10-4-2-3-5-11(10)8-9;1-2-3-4-5-6-7/h2-24H,1,37H2;2-8H,1H3;2-6H,1,7H2/b8-6-,21-7-;;4-3-,6-5-. The Balaban J connectivity index is 0.000000234. The molecule has 0 aliphatic carbocycles. The normalized spacial score (nSPS) is 11.4. The van der Waals surface area contributed by atoms with Gasteiger partial charge < -0.3 is 11.5 Å². The van der Waals surface area contributed by atoms with E-state index in [-0.39, 0.29) is 0 Å². The molecule has 4 N–H and O–H groups in total. The third kappa shape index (κ3) is 9.45. The number of nitrogens with two attached hydrogens (primary N) is 2. The zero-order valence-corrected chi connectivity index (χ0v) is 31.3. The first-order chi connectivity index (χ1) is 27.0. The van der Waals surface area contributed by atoms with Gasteiger partial charge in [0.1, 0.15) is 0 Å². The van der Waals surface area contributed by atoms with Crippen LogP contribution in [-0.4, -0.2) is 0 Å². The predicted molar refractivity (Wildman–Crippen MR) is 243 cm³/mol. The molecule has 0 radical (unpaired) electrons. The van der Waals surface area contributed by atoms with E-state index in [1.165, 1.54) is 83.3 Å². The van der Waals surface area contributed by atoms with Crippen molar-refractivity contribution in [3.05, 3.63) is 237 Å². The van der Waals surface area contributed by atoms with E-state index in [9.17, 15) is 0 Å². The maximum Gasteiger partial charge on any atom is -0.00266 e. The number of hydrogen-bond donors (Lipinski definition) is 2. The Morgan fingerprint density at radius 1 is 0.455 bits per heavy atom. The van der Waals surface area contributed by atoms with Gasteiger partial charge in [-0.2, -0.15) is 0 Å². The van der Waals surface area contributed by atoms with Crippen LogP contribution in [0.4, 0.5) is 0 Å². The number of hydrogen-bond acceptors (Lipinski definition) is 2. The summed E-state index contributed by atoms with van der Waals surface area (Å²) in [6.45, 7) is 9.75. The summed E-state index contributed by atoms with van der Waals surface area (Å²) < 4.78 is 0. The Morgan fingerprint density at radius 3 is 1.69 bits per heavy atom. The highest BCUT2D eigenvalue weighted by molar-refractivity contribution is 6.14. The summed E-state index contributed by atoms with van der Waals surface area (Å²) in [6, 6.07) is 56.7. The molecule has 268 valence electrons. The molecule has 0 unspecified atom stereocenters. The van der Waals surface area contributed by atoms with Crippen molar-refractivity contribution < 1.29 is 0 Å². The zero-order chi connectivity index (χ0) is 38.4. The van der Waals surface area contributed by atoms with Crippen LogP contribution in [0.25, 0.3) is 70.9 Å². The lowest BCUT2D eigenvalue weighted by molar-refractivity contribution is 1.51. The summed E-state index contributed by atoms with van der Waals surface area (Å²) in [6.07, 6.45) is 15.7. The average Bonchev–Trinajstić information content (AvgIpc) is 3.23. The molecule has 2 nitrogen and oxygen atoms in total. The molecule has 0 fully saturated rings. The fourth-order valence-corrected chi connectivity index (χ4v) is 6.63. The van der Waals surface area contributed by atoms with E-state index in [4.69, 9.17) is 11.5 Å². The minimum atomic E-state index is 0.953. The third-order valence-electron chi connectivity index (χ3n) is 9.38. The second-order valence-electron chi connectivity index (χ2n) is 13.2. The Morgan fingerprint density at radius 2 is 1.00 bits per heavy atom. The molecule has 0 atom stereocenters. The van der Waals surface area contributed by atoms with Gasteiger partial charge in [0.25, 0.3) is 0 Å². The Bertz CT molecular complexity index is 2710. The Kier molecular flexibility index (Phi) is 12.7. The highest BCUT2D eigenvalue weighted by Gasteiger charge is 2.12. The topological polar surface area (TPSA) is 52.0 Å². The van der Waals surface area contributed by atoms with Crippen LogP contribution in [0.1, 0.15) is 11.1 Å². The lowest BCUT2D eigenvalue weighted by atomic mass is 9.89. The van der Waals surface area contributed by atoms with Crippen molar-refractivity contribution in [2.75, 3.05) is 0 Å². The molecule has 0 aliphatic heterocycles. The number of rotatable bonds is 7. The van der Waals surface area contributed by atoms with E-state index >= 15 is 0 Å². The maximum absolute atomic E-state index is 5.41. The van der Waals surface area contributed by atoms with Crippen molar-refractivity contribution in [2.45, 2.75) is 6.92 Å². The van der Waals surface area contributed by atoms with Crippen molar-refractivity contribution in [3.8, 4) is 22.3 Å². The van der Waals surface area contributed by atoms with Gasteiger partial charge in [-0.05, 0) is 126 Å². The SMILES string of the molecule is C=C(/C=C\C=C/N)c1ccc(-c2ccc3c(-c4ccc5ccccc5c4)c4ccccc4cc3c2)cc1.C=C/C=C\C=C/N.Cc1ccc2ccccc2c1. The van der Waals surface area contributed by atoms with Crippen LogP contribution in [0.3, 0.4) is 0 Å². The first-order valence-electron chi connectivity index (χ1n) is 18.4. The van der Waals surface area contributed by atoms with Crippen LogP contribution in [0.5, 0.6) is 0 Å². The van der Waals surface area contributed by atoms with Crippen molar-refractivity contribution in [1.29, 1.82) is 0 Å². The second-order valence-corrected chi connectivity index (χ2v) is 13.2. The van der Waals surface area contributed by atoms with Crippen molar-refractivity contribution in [2.24, 2.45) is 11.5 Å². The van der Waals surface area contributed by atoms with Crippen molar-refractivity contribution in [3.63, 3.8) is 0 Å². The van der Waals surface area contributed by atoms with Gasteiger partial charge in [-0.1, -0.05) is 189 Å². The first kappa shape index (κ1) is 37.6. The van der Waals surface area contributed by atoms with Gasteiger partial charge in [-0.15, -0.1) is 0 Å². The molecule has 0 spiro atoms. The number of benzene rings is 8. The van der Waals surface area contributed by atoms with Crippen LogP contribution in [0, 0.1) is 6.92 Å². The molecular formula is C53H46N2. The lowest BCUT2D eigenvalue weighted by Crippen LogP contribution is -1.88. The monoisotopic (exact) mass is 710 g/mol. The fraction of sp³-hybridized carbons (Fsp3) is 0.0189. The van der Waals surface area contributed by atoms with E-state index in [0.29, 0.717) is 0 Å². The molecule has 0 aromatic heterocycles. The quantitative estimate of drug-likeness (QED) is 0.128. The Labute approximate surface area is 325 Å². The predicted octanol–water partition coefficient (Wildman–Crippen LogP) is 13.9. The van der Waals surface area contributed by atoms with Crippen LogP contribution in [0.15, 0.2) is 226 Å². The average molecular weight is 711 g/mol. The van der Waals surface area contributed by atoms with Crippen molar-refractivity contribution >= 4 is 48.7 Å². The van der Waals surface area contributed by atoms with Gasteiger partial charge in [0.2, 0.25) is 0 Å². The molecule has 2 heteroatoms. The molecule has 0 heterocycles. The summed E-state index contributed by atoms with van der Waals surface area (Å²) in [4.78, 5) is 0. The first-order valence-corrected chi connectivity index (χ1v) is 18.4. The lowest BCUT2D eigenvalue weighted by Gasteiger charge is -2.14. The fourth-order valence-electron chi connectivity index (χ4n) is 6.63. The third-order valence-corrected chi connectivity index (χ3v) is 9.38. The van der Waals surface area contributed by atoms with E-state index < -0.39 is 0 Å². The second kappa shape index (κ2) is 18.6. The van der Waals surface area contributed by atoms with Crippen molar-refractivity contribution in [1.82, 2.24) is 0 Å². The van der Waals surface area contributed by atoms with Crippen LogP contribution in [-0.2, 0) is 0 Å². The summed E-state index contributed by atoms with van der Waals surface area (Å²) in [7, 11) is 0. The molecule has 55 heavy (non-hydrogen) atoms. The molecule has 0 saturated heterocycles. The van der Waals surface area contributed by atoms with E-state index in [1.807, 2.05) is 24.3 Å². The molecule has 0 saturated carbocycles. The summed E-state index contributed by atoms with van der Waals surface area (Å²) >= 11 is 0. The highest BCUT2D eigenvalue weighted by atomic mass is 14.5. The molecule has 8 aromatic carbocycles. The zero-order valence-electron chi connectivity index (χ0n) is 31.3. The van der Waals surface area contributed by atoms with Gasteiger partial charge >= 0.3 is 0 Å². The number of fused-ring (bicyclic) bond motifs is 4. The van der Waals surface area contributed by atoms with Crippen LogP contribution in [0.2, 0.25) is 0 Å². The van der Waals surface area contributed by atoms with Gasteiger partial charge in [0.05, 0.1) is 0 Å². The van der Waals surface area contributed by atoms with Crippen LogP contribution < -0.4 is 11.5 Å². The smallest absolute Gasteiger partial charge is 0.00266 e. The van der Waals surface area contributed by atoms with E-state index in [0.717, 1.165) is 11.1 Å². The highest BCUT2D eigenvalue weighted by Crippen LogP contribution is 2.39. The molecular weight excluding hydrogens is 665 g/mol. The number of aryl methyl sites for hydroxylation is 1. The Hall–Kier alpha value is -7.16. The minimum Gasteiger partial charge on any atom is -0.405 e. The summed E-state index contributed by atoms with van der Waals surface area (Å²) in [5, 5.41) is 10.2.